The first-order chi connectivity index (χ1) is 23.7. The Bertz CT molecular complexity index is 1860. The summed E-state index contributed by atoms with van der Waals surface area (Å²) in [6, 6.07) is 26.3. The molecule has 254 valence electrons. The lowest BCUT2D eigenvalue weighted by Crippen LogP contribution is -2.23. The molecule has 5 rings (SSSR count). The summed E-state index contributed by atoms with van der Waals surface area (Å²) in [5.41, 5.74) is 3.77. The maximum absolute atomic E-state index is 15.3. The van der Waals surface area contributed by atoms with Crippen molar-refractivity contribution >= 4 is 0 Å². The molecule has 0 aliphatic heterocycles. The van der Waals surface area contributed by atoms with Crippen LogP contribution in [0.2, 0.25) is 0 Å². The van der Waals surface area contributed by atoms with E-state index in [-0.39, 0.29) is 16.7 Å². The predicted molar refractivity (Wildman–Crippen MR) is 189 cm³/mol. The SMILES string of the molecule is C/C=C/CCc1ccc(-c2ccc(OC(F)(F)c3ccc(-c4ccc(-c5ccc(CCCCCCC)cc5)cc4F)cc3F)cc2F)cc1. The smallest absolute Gasteiger partial charge is 0.429 e. The number of benzene rings is 5. The molecule has 0 aromatic heterocycles. The molecular formula is C43H41F5O. The van der Waals surface area contributed by atoms with Crippen molar-refractivity contribution in [1.29, 1.82) is 0 Å². The average molecular weight is 669 g/mol. The summed E-state index contributed by atoms with van der Waals surface area (Å²) in [5.74, 6) is -3.09. The van der Waals surface area contributed by atoms with Crippen LogP contribution < -0.4 is 4.74 Å². The molecule has 0 atom stereocenters. The van der Waals surface area contributed by atoms with Crippen molar-refractivity contribution in [1.82, 2.24) is 0 Å². The van der Waals surface area contributed by atoms with Gasteiger partial charge in [-0.05, 0) is 96.3 Å². The first-order valence-corrected chi connectivity index (χ1v) is 16.9. The minimum absolute atomic E-state index is 0.0747. The van der Waals surface area contributed by atoms with E-state index in [0.29, 0.717) is 11.1 Å². The summed E-state index contributed by atoms with van der Waals surface area (Å²) in [6.45, 7) is 4.15. The van der Waals surface area contributed by atoms with Gasteiger partial charge in [-0.2, -0.15) is 8.78 Å². The summed E-state index contributed by atoms with van der Waals surface area (Å²) >= 11 is 0. The third-order valence-electron chi connectivity index (χ3n) is 8.71. The molecule has 0 amide bonds. The van der Waals surface area contributed by atoms with Crippen LogP contribution in [0.1, 0.15) is 69.1 Å². The second-order valence-electron chi connectivity index (χ2n) is 12.3. The number of hydrogen-bond acceptors (Lipinski definition) is 1. The van der Waals surface area contributed by atoms with Crippen LogP contribution in [0.4, 0.5) is 22.0 Å². The van der Waals surface area contributed by atoms with Gasteiger partial charge in [0.05, 0.1) is 5.56 Å². The second-order valence-corrected chi connectivity index (χ2v) is 12.3. The van der Waals surface area contributed by atoms with Crippen molar-refractivity contribution in [2.24, 2.45) is 0 Å². The van der Waals surface area contributed by atoms with Crippen LogP contribution in [0, 0.1) is 17.5 Å². The third-order valence-corrected chi connectivity index (χ3v) is 8.71. The molecule has 0 N–H and O–H groups in total. The highest BCUT2D eigenvalue weighted by molar-refractivity contribution is 5.71. The number of ether oxygens (including phenoxy) is 1. The Morgan fingerprint density at radius 1 is 0.571 bits per heavy atom. The van der Waals surface area contributed by atoms with Crippen LogP contribution >= 0.6 is 0 Å². The van der Waals surface area contributed by atoms with Crippen LogP contribution in [0.3, 0.4) is 0 Å². The quantitative estimate of drug-likeness (QED) is 0.0613. The van der Waals surface area contributed by atoms with Gasteiger partial charge in [0.25, 0.3) is 0 Å². The Morgan fingerprint density at radius 2 is 1.14 bits per heavy atom. The van der Waals surface area contributed by atoms with Gasteiger partial charge in [0.2, 0.25) is 0 Å². The maximum atomic E-state index is 15.3. The van der Waals surface area contributed by atoms with Gasteiger partial charge in [-0.1, -0.05) is 111 Å². The second kappa shape index (κ2) is 16.6. The van der Waals surface area contributed by atoms with Gasteiger partial charge in [-0.3, -0.25) is 0 Å². The Morgan fingerprint density at radius 3 is 1.80 bits per heavy atom. The topological polar surface area (TPSA) is 9.23 Å². The fourth-order valence-corrected chi connectivity index (χ4v) is 5.91. The molecular weight excluding hydrogens is 627 g/mol. The van der Waals surface area contributed by atoms with Crippen LogP contribution in [-0.4, -0.2) is 0 Å². The van der Waals surface area contributed by atoms with Gasteiger partial charge in [-0.15, -0.1) is 0 Å². The number of allylic oxidation sites excluding steroid dienone is 2. The summed E-state index contributed by atoms with van der Waals surface area (Å²) < 4.78 is 80.5. The van der Waals surface area contributed by atoms with Gasteiger partial charge in [0, 0.05) is 17.2 Å². The normalized spacial score (nSPS) is 11.7. The lowest BCUT2D eigenvalue weighted by Gasteiger charge is -2.20. The summed E-state index contributed by atoms with van der Waals surface area (Å²) in [4.78, 5) is 0. The van der Waals surface area contributed by atoms with Crippen molar-refractivity contribution in [3.05, 3.63) is 149 Å². The van der Waals surface area contributed by atoms with E-state index < -0.39 is 34.9 Å². The van der Waals surface area contributed by atoms with E-state index in [2.05, 4.69) is 13.0 Å². The molecule has 0 heterocycles. The Kier molecular flexibility index (Phi) is 12.1. The highest BCUT2D eigenvalue weighted by Crippen LogP contribution is 2.37. The molecule has 6 heteroatoms. The van der Waals surface area contributed by atoms with Crippen molar-refractivity contribution in [3.8, 4) is 39.1 Å². The lowest BCUT2D eigenvalue weighted by molar-refractivity contribution is -0.187. The zero-order chi connectivity index (χ0) is 34.8. The molecule has 0 aliphatic rings. The van der Waals surface area contributed by atoms with Crippen LogP contribution in [0.5, 0.6) is 5.75 Å². The van der Waals surface area contributed by atoms with Gasteiger partial charge >= 0.3 is 6.11 Å². The Hall–Kier alpha value is -4.71. The standard InChI is InChI=1S/C43H41F5O/c1-3-5-7-8-10-12-31-13-17-32(18-14-31)34-21-24-38(40(44)27-34)35-22-26-39(42(46)28-35)43(47,48)49-36-23-25-37(41(45)29-36)33-19-15-30(16-20-33)11-9-6-4-2/h4,6,13-29H,3,5,7-12H2,1-2H3/b6-4+. The Balaban J connectivity index is 1.25. The molecule has 1 nitrogen and oxygen atoms in total. The molecule has 5 aromatic rings. The molecule has 0 saturated carbocycles. The van der Waals surface area contributed by atoms with Gasteiger partial charge in [0.1, 0.15) is 23.2 Å². The van der Waals surface area contributed by atoms with E-state index in [1.54, 1.807) is 18.2 Å². The van der Waals surface area contributed by atoms with E-state index >= 15 is 22.0 Å². The summed E-state index contributed by atoms with van der Waals surface area (Å²) in [5, 5.41) is 0. The largest absolute Gasteiger partial charge is 0.429 e. The molecule has 0 radical (unpaired) electrons. The average Bonchev–Trinajstić information content (AvgIpc) is 3.09. The molecule has 0 spiro atoms. The van der Waals surface area contributed by atoms with Crippen molar-refractivity contribution in [2.45, 2.75) is 71.3 Å². The van der Waals surface area contributed by atoms with E-state index in [9.17, 15) is 0 Å². The zero-order valence-corrected chi connectivity index (χ0v) is 27.9. The van der Waals surface area contributed by atoms with Crippen LogP contribution in [0.25, 0.3) is 33.4 Å². The maximum Gasteiger partial charge on any atom is 0.429 e. The highest BCUT2D eigenvalue weighted by atomic mass is 19.3. The fourth-order valence-electron chi connectivity index (χ4n) is 5.91. The molecule has 0 unspecified atom stereocenters. The minimum Gasteiger partial charge on any atom is -0.429 e. The molecule has 49 heavy (non-hydrogen) atoms. The van der Waals surface area contributed by atoms with Crippen molar-refractivity contribution in [2.75, 3.05) is 0 Å². The van der Waals surface area contributed by atoms with Crippen molar-refractivity contribution in [3.63, 3.8) is 0 Å². The third kappa shape index (κ3) is 9.26. The first-order valence-electron chi connectivity index (χ1n) is 16.9. The van der Waals surface area contributed by atoms with Gasteiger partial charge < -0.3 is 4.74 Å². The number of halogens is 5. The van der Waals surface area contributed by atoms with Gasteiger partial charge in [0.15, 0.2) is 0 Å². The number of rotatable bonds is 15. The summed E-state index contributed by atoms with van der Waals surface area (Å²) in [7, 11) is 0. The number of alkyl halides is 2. The molecule has 0 saturated heterocycles. The van der Waals surface area contributed by atoms with Gasteiger partial charge in [-0.25, -0.2) is 13.2 Å². The first kappa shape index (κ1) is 35.6. The minimum atomic E-state index is -4.12. The fraction of sp³-hybridized carbons (Fsp3) is 0.256. The highest BCUT2D eigenvalue weighted by Gasteiger charge is 2.38. The molecule has 0 aliphatic carbocycles. The molecule has 0 bridgehead atoms. The van der Waals surface area contributed by atoms with Crippen LogP contribution in [-0.2, 0) is 19.0 Å². The van der Waals surface area contributed by atoms with E-state index in [4.69, 9.17) is 4.74 Å². The number of aryl methyl sites for hydroxylation is 2. The number of hydrogen-bond donors (Lipinski definition) is 0. The van der Waals surface area contributed by atoms with E-state index in [1.807, 2.05) is 49.4 Å². The Labute approximate surface area is 286 Å². The summed E-state index contributed by atoms with van der Waals surface area (Å²) in [6.07, 6.45) is 8.73. The lowest BCUT2D eigenvalue weighted by atomic mass is 9.97. The zero-order valence-electron chi connectivity index (χ0n) is 27.9. The van der Waals surface area contributed by atoms with E-state index in [1.165, 1.54) is 61.6 Å². The van der Waals surface area contributed by atoms with E-state index in [0.717, 1.165) is 55.0 Å². The molecule has 5 aromatic carbocycles. The van der Waals surface area contributed by atoms with Crippen molar-refractivity contribution < 1.29 is 26.7 Å². The molecule has 0 fully saturated rings. The van der Waals surface area contributed by atoms with Crippen LogP contribution in [0.15, 0.2) is 115 Å². The number of unbranched alkanes of at least 4 members (excludes halogenated alkanes) is 4. The monoisotopic (exact) mass is 668 g/mol. The predicted octanol–water partition coefficient (Wildman–Crippen LogP) is 13.3.